The minimum atomic E-state index is -3.77. The quantitative estimate of drug-likeness (QED) is 0.709. The molecule has 0 aromatic heterocycles. The van der Waals surface area contributed by atoms with Gasteiger partial charge in [-0.2, -0.15) is 0 Å². The monoisotopic (exact) mass is 412 g/mol. The maximum atomic E-state index is 12.4. The van der Waals surface area contributed by atoms with Crippen molar-refractivity contribution in [1.29, 1.82) is 0 Å². The Balaban J connectivity index is 1.53. The van der Waals surface area contributed by atoms with Crippen molar-refractivity contribution in [2.75, 3.05) is 19.6 Å². The summed E-state index contributed by atoms with van der Waals surface area (Å²) >= 11 is 0. The lowest BCUT2D eigenvalue weighted by molar-refractivity contribution is -0.130. The highest BCUT2D eigenvalue weighted by molar-refractivity contribution is 7.89. The molecule has 29 heavy (non-hydrogen) atoms. The molecule has 1 aliphatic rings. The zero-order valence-corrected chi connectivity index (χ0v) is 17.1. The summed E-state index contributed by atoms with van der Waals surface area (Å²) in [5, 5.41) is 0. The molecule has 0 atom stereocenters. The Morgan fingerprint density at radius 3 is 2.48 bits per heavy atom. The van der Waals surface area contributed by atoms with Crippen molar-refractivity contribution >= 4 is 27.3 Å². The molecule has 0 spiro atoms. The second-order valence-electron chi connectivity index (χ2n) is 6.92. The minimum absolute atomic E-state index is 0.0111. The molecular formula is C22H24N2O4S. The van der Waals surface area contributed by atoms with Crippen molar-refractivity contribution in [3.8, 4) is 0 Å². The molecule has 0 bridgehead atoms. The number of amides is 1. The van der Waals surface area contributed by atoms with E-state index >= 15 is 0 Å². The fourth-order valence-electron chi connectivity index (χ4n) is 3.23. The van der Waals surface area contributed by atoms with E-state index in [-0.39, 0.29) is 29.6 Å². The van der Waals surface area contributed by atoms with Crippen molar-refractivity contribution in [3.63, 3.8) is 0 Å². The van der Waals surface area contributed by atoms with Crippen molar-refractivity contribution in [2.45, 2.75) is 24.7 Å². The van der Waals surface area contributed by atoms with Crippen LogP contribution in [0, 0.1) is 0 Å². The van der Waals surface area contributed by atoms with E-state index in [2.05, 4.69) is 16.9 Å². The van der Waals surface area contributed by atoms with Crippen LogP contribution in [0.4, 0.5) is 0 Å². The fraction of sp³-hybridized carbons (Fsp3) is 0.273. The minimum Gasteiger partial charge on any atom is -0.339 e. The SMILES string of the molecule is CC(=O)c1cccc(S(=O)(=O)NCCC(=O)N2CC=C(c3ccccc3)CC2)c1. The Hall–Kier alpha value is -2.77. The number of rotatable bonds is 7. The number of hydrogen-bond donors (Lipinski definition) is 1. The van der Waals surface area contributed by atoms with Crippen molar-refractivity contribution in [2.24, 2.45) is 0 Å². The summed E-state index contributed by atoms with van der Waals surface area (Å²) in [6.07, 6.45) is 2.91. The van der Waals surface area contributed by atoms with Crippen LogP contribution in [0.25, 0.3) is 5.57 Å². The third-order valence-corrected chi connectivity index (χ3v) is 6.35. The van der Waals surface area contributed by atoms with Crippen molar-refractivity contribution in [1.82, 2.24) is 9.62 Å². The molecule has 0 radical (unpaired) electrons. The van der Waals surface area contributed by atoms with Gasteiger partial charge in [-0.1, -0.05) is 48.5 Å². The van der Waals surface area contributed by atoms with Crippen LogP contribution < -0.4 is 4.72 Å². The molecule has 1 heterocycles. The van der Waals surface area contributed by atoms with Crippen LogP contribution in [0.3, 0.4) is 0 Å². The number of hydrogen-bond acceptors (Lipinski definition) is 4. The van der Waals surface area contributed by atoms with Crippen LogP contribution in [0.1, 0.15) is 35.7 Å². The maximum Gasteiger partial charge on any atom is 0.240 e. The second kappa shape index (κ2) is 9.15. The predicted molar refractivity (Wildman–Crippen MR) is 112 cm³/mol. The largest absolute Gasteiger partial charge is 0.339 e. The molecule has 1 amide bonds. The summed E-state index contributed by atoms with van der Waals surface area (Å²) in [6, 6.07) is 15.9. The molecule has 0 unspecified atom stereocenters. The van der Waals surface area contributed by atoms with Crippen LogP contribution in [0.5, 0.6) is 0 Å². The van der Waals surface area contributed by atoms with Crippen LogP contribution in [-0.2, 0) is 14.8 Å². The number of carbonyl (C=O) groups is 2. The number of benzene rings is 2. The van der Waals surface area contributed by atoms with Crippen LogP contribution in [-0.4, -0.2) is 44.6 Å². The van der Waals surface area contributed by atoms with Crippen LogP contribution in [0.15, 0.2) is 65.6 Å². The van der Waals surface area contributed by atoms with Crippen molar-refractivity contribution in [3.05, 3.63) is 71.8 Å². The summed E-state index contributed by atoms with van der Waals surface area (Å²) in [7, 11) is -3.77. The van der Waals surface area contributed by atoms with E-state index < -0.39 is 10.0 Å². The second-order valence-corrected chi connectivity index (χ2v) is 8.68. The number of carbonyl (C=O) groups excluding carboxylic acids is 2. The van der Waals surface area contributed by atoms with Crippen molar-refractivity contribution < 1.29 is 18.0 Å². The van der Waals surface area contributed by atoms with Gasteiger partial charge < -0.3 is 4.90 Å². The predicted octanol–water partition coefficient (Wildman–Crippen LogP) is 2.87. The summed E-state index contributed by atoms with van der Waals surface area (Å²) in [4.78, 5) is 25.6. The number of nitrogens with zero attached hydrogens (tertiary/aromatic N) is 1. The van der Waals surface area contributed by atoms with E-state index in [0.29, 0.717) is 18.7 Å². The molecule has 2 aromatic carbocycles. The Morgan fingerprint density at radius 1 is 1.07 bits per heavy atom. The average molecular weight is 413 g/mol. The van der Waals surface area contributed by atoms with E-state index in [0.717, 1.165) is 6.42 Å². The van der Waals surface area contributed by atoms with Crippen LogP contribution in [0.2, 0.25) is 0 Å². The first-order valence-corrected chi connectivity index (χ1v) is 11.0. The van der Waals surface area contributed by atoms with E-state index in [9.17, 15) is 18.0 Å². The van der Waals surface area contributed by atoms with E-state index in [1.807, 2.05) is 24.3 Å². The van der Waals surface area contributed by atoms with Gasteiger partial charge in [0.05, 0.1) is 4.90 Å². The molecule has 0 aliphatic carbocycles. The van der Waals surface area contributed by atoms with Gasteiger partial charge in [-0.3, -0.25) is 9.59 Å². The van der Waals surface area contributed by atoms with Gasteiger partial charge in [0, 0.05) is 31.6 Å². The Kier molecular flexibility index (Phi) is 6.61. The molecule has 6 nitrogen and oxygen atoms in total. The van der Waals surface area contributed by atoms with Gasteiger partial charge in [0.15, 0.2) is 5.78 Å². The molecule has 1 aliphatic heterocycles. The zero-order chi connectivity index (χ0) is 20.9. The zero-order valence-electron chi connectivity index (χ0n) is 16.3. The first-order valence-electron chi connectivity index (χ1n) is 9.50. The van der Waals surface area contributed by atoms with E-state index in [1.165, 1.54) is 36.3 Å². The molecule has 3 rings (SSSR count). The summed E-state index contributed by atoms with van der Waals surface area (Å²) in [6.45, 7) is 2.54. The summed E-state index contributed by atoms with van der Waals surface area (Å²) in [5.41, 5.74) is 2.72. The fourth-order valence-corrected chi connectivity index (χ4v) is 4.30. The highest BCUT2D eigenvalue weighted by Crippen LogP contribution is 2.22. The molecule has 0 saturated carbocycles. The van der Waals surface area contributed by atoms with Crippen LogP contribution >= 0.6 is 0 Å². The van der Waals surface area contributed by atoms with Gasteiger partial charge in [0.25, 0.3) is 0 Å². The Labute approximate surface area is 171 Å². The standard InChI is InChI=1S/C22H24N2O4S/c1-17(25)20-8-5-9-21(16-20)29(27,28)23-13-10-22(26)24-14-11-19(12-15-24)18-6-3-2-4-7-18/h2-9,11,16,23H,10,12-15H2,1H3. The first kappa shape index (κ1) is 21.0. The lowest BCUT2D eigenvalue weighted by Gasteiger charge is -2.26. The topological polar surface area (TPSA) is 83.5 Å². The Morgan fingerprint density at radius 2 is 1.83 bits per heavy atom. The van der Waals surface area contributed by atoms with Gasteiger partial charge in [0.2, 0.25) is 15.9 Å². The molecule has 1 N–H and O–H groups in total. The molecule has 0 fully saturated rings. The molecule has 152 valence electrons. The molecule has 7 heteroatoms. The lowest BCUT2D eigenvalue weighted by atomic mass is 9.99. The highest BCUT2D eigenvalue weighted by atomic mass is 32.2. The van der Waals surface area contributed by atoms with Gasteiger partial charge in [0.1, 0.15) is 0 Å². The number of sulfonamides is 1. The number of ketones is 1. The Bertz CT molecular complexity index is 1030. The summed E-state index contributed by atoms with van der Waals surface area (Å²) in [5.74, 6) is -0.293. The third kappa shape index (κ3) is 5.40. The molecule has 0 saturated heterocycles. The summed E-state index contributed by atoms with van der Waals surface area (Å²) < 4.78 is 27.3. The smallest absolute Gasteiger partial charge is 0.240 e. The normalized spacial score (nSPS) is 14.4. The van der Waals surface area contributed by atoms with E-state index in [1.54, 1.807) is 11.0 Å². The number of Topliss-reactive ketones (excluding diaryl/α,β-unsaturated/α-hetero) is 1. The average Bonchev–Trinajstić information content (AvgIpc) is 2.74. The molecular weight excluding hydrogens is 388 g/mol. The van der Waals surface area contributed by atoms with Gasteiger partial charge in [-0.15, -0.1) is 0 Å². The first-order chi connectivity index (χ1) is 13.9. The lowest BCUT2D eigenvalue weighted by Crippen LogP contribution is -2.37. The van der Waals surface area contributed by atoms with Gasteiger partial charge in [-0.25, -0.2) is 13.1 Å². The number of nitrogens with one attached hydrogen (secondary N) is 1. The highest BCUT2D eigenvalue weighted by Gasteiger charge is 2.19. The van der Waals surface area contributed by atoms with Gasteiger partial charge in [-0.05, 0) is 36.6 Å². The van der Waals surface area contributed by atoms with E-state index in [4.69, 9.17) is 0 Å². The third-order valence-electron chi connectivity index (χ3n) is 4.89. The van der Waals surface area contributed by atoms with Gasteiger partial charge >= 0.3 is 0 Å². The maximum absolute atomic E-state index is 12.4. The molecule has 2 aromatic rings.